The largest absolute Gasteiger partial charge is 0.458 e. The van der Waals surface area contributed by atoms with E-state index >= 15 is 0 Å². The normalized spacial score (nSPS) is 10.7. The van der Waals surface area contributed by atoms with Gasteiger partial charge < -0.3 is 9.15 Å². The topological polar surface area (TPSA) is 52.3 Å². The Balaban J connectivity index is 1.46. The zero-order valence-corrected chi connectivity index (χ0v) is 15.1. The minimum Gasteiger partial charge on any atom is -0.458 e. The van der Waals surface area contributed by atoms with Crippen molar-refractivity contribution in [3.63, 3.8) is 0 Å². The SMILES string of the molecule is O=C(CSc1ccc(Br)cc1)OCc1coc(-c2cccs2)n1. The second-order valence-electron chi connectivity index (χ2n) is 4.52. The number of rotatable bonds is 6. The lowest BCUT2D eigenvalue weighted by molar-refractivity contribution is -0.141. The molecule has 1 aromatic carbocycles. The molecule has 0 aliphatic rings. The molecule has 3 aromatic rings. The average molecular weight is 410 g/mol. The van der Waals surface area contributed by atoms with Crippen LogP contribution in [-0.2, 0) is 16.1 Å². The van der Waals surface area contributed by atoms with Crippen LogP contribution in [0.5, 0.6) is 0 Å². The van der Waals surface area contributed by atoms with Gasteiger partial charge in [0.25, 0.3) is 0 Å². The standard InChI is InChI=1S/C16H12BrNO3S2/c17-11-3-5-13(6-4-11)23-10-15(19)20-8-12-9-21-16(18-12)14-2-1-7-22-14/h1-7,9H,8,10H2. The molecule has 2 aromatic heterocycles. The molecule has 0 aliphatic carbocycles. The minimum atomic E-state index is -0.279. The lowest BCUT2D eigenvalue weighted by Crippen LogP contribution is -2.07. The van der Waals surface area contributed by atoms with Crippen LogP contribution in [0.4, 0.5) is 0 Å². The first-order chi connectivity index (χ1) is 11.2. The average Bonchev–Trinajstić information content (AvgIpc) is 3.23. The first kappa shape index (κ1) is 16.3. The fourth-order valence-electron chi connectivity index (χ4n) is 1.76. The highest BCUT2D eigenvalue weighted by Gasteiger charge is 2.10. The van der Waals surface area contributed by atoms with Crippen LogP contribution in [0.1, 0.15) is 5.69 Å². The summed E-state index contributed by atoms with van der Waals surface area (Å²) in [6, 6.07) is 11.6. The molecule has 0 N–H and O–H groups in total. The van der Waals surface area contributed by atoms with Gasteiger partial charge in [0.2, 0.25) is 5.89 Å². The Bertz CT molecular complexity index is 769. The van der Waals surface area contributed by atoms with Crippen molar-refractivity contribution in [2.45, 2.75) is 11.5 Å². The number of thioether (sulfide) groups is 1. The summed E-state index contributed by atoms with van der Waals surface area (Å²) in [4.78, 5) is 18.1. The number of esters is 1. The first-order valence-electron chi connectivity index (χ1n) is 6.73. The number of halogens is 1. The summed E-state index contributed by atoms with van der Waals surface area (Å²) in [5, 5.41) is 1.96. The number of carbonyl (C=O) groups excluding carboxylic acids is 1. The van der Waals surface area contributed by atoms with Gasteiger partial charge in [-0.2, -0.15) is 0 Å². The van der Waals surface area contributed by atoms with E-state index in [1.54, 1.807) is 11.3 Å². The molecule has 0 unspecified atom stereocenters. The van der Waals surface area contributed by atoms with Crippen LogP contribution >= 0.6 is 39.0 Å². The van der Waals surface area contributed by atoms with Crippen molar-refractivity contribution in [1.82, 2.24) is 4.98 Å². The number of ether oxygens (including phenoxy) is 1. The number of thiophene rings is 1. The molecular formula is C16H12BrNO3S2. The zero-order valence-electron chi connectivity index (χ0n) is 11.9. The summed E-state index contributed by atoms with van der Waals surface area (Å²) in [5.41, 5.74) is 0.607. The van der Waals surface area contributed by atoms with Crippen molar-refractivity contribution in [2.75, 3.05) is 5.75 Å². The van der Waals surface area contributed by atoms with Crippen molar-refractivity contribution in [2.24, 2.45) is 0 Å². The van der Waals surface area contributed by atoms with Crippen LogP contribution in [0, 0.1) is 0 Å². The number of aromatic nitrogens is 1. The Kier molecular flexibility index (Phi) is 5.53. The van der Waals surface area contributed by atoms with Gasteiger partial charge in [0.05, 0.1) is 10.6 Å². The summed E-state index contributed by atoms with van der Waals surface area (Å²) >= 11 is 6.36. The molecule has 118 valence electrons. The molecule has 4 nitrogen and oxygen atoms in total. The molecule has 0 spiro atoms. The van der Waals surface area contributed by atoms with E-state index in [1.807, 2.05) is 41.8 Å². The quantitative estimate of drug-likeness (QED) is 0.423. The van der Waals surface area contributed by atoms with Gasteiger partial charge >= 0.3 is 5.97 Å². The fourth-order valence-corrected chi connectivity index (χ4v) is 3.37. The van der Waals surface area contributed by atoms with Gasteiger partial charge in [-0.25, -0.2) is 4.98 Å². The third kappa shape index (κ3) is 4.70. The summed E-state index contributed by atoms with van der Waals surface area (Å²) in [7, 11) is 0. The van der Waals surface area contributed by atoms with Crippen molar-refractivity contribution in [3.8, 4) is 10.8 Å². The van der Waals surface area contributed by atoms with Crippen molar-refractivity contribution < 1.29 is 13.9 Å². The summed E-state index contributed by atoms with van der Waals surface area (Å²) in [6.45, 7) is 0.120. The molecule has 0 aliphatic heterocycles. The van der Waals surface area contributed by atoms with Crippen molar-refractivity contribution >= 4 is 45.0 Å². The lowest BCUT2D eigenvalue weighted by Gasteiger charge is -2.03. The number of benzene rings is 1. The molecule has 23 heavy (non-hydrogen) atoms. The van der Waals surface area contributed by atoms with Gasteiger partial charge in [0.15, 0.2) is 0 Å². The Morgan fingerprint density at radius 2 is 2.13 bits per heavy atom. The molecule has 0 bridgehead atoms. The number of oxazole rings is 1. The van der Waals surface area contributed by atoms with Crippen LogP contribution in [0.25, 0.3) is 10.8 Å². The zero-order chi connectivity index (χ0) is 16.1. The highest BCUT2D eigenvalue weighted by Crippen LogP contribution is 2.24. The van der Waals surface area contributed by atoms with E-state index in [4.69, 9.17) is 9.15 Å². The Morgan fingerprint density at radius 1 is 1.30 bits per heavy atom. The van der Waals surface area contributed by atoms with Crippen molar-refractivity contribution in [3.05, 3.63) is 58.2 Å². The summed E-state index contributed by atoms with van der Waals surface area (Å²) in [5.74, 6) is 0.533. The van der Waals surface area contributed by atoms with E-state index < -0.39 is 0 Å². The molecule has 7 heteroatoms. The Hall–Kier alpha value is -1.57. The molecule has 0 atom stereocenters. The fraction of sp³-hybridized carbons (Fsp3) is 0.125. The minimum absolute atomic E-state index is 0.120. The molecule has 0 fully saturated rings. The summed E-state index contributed by atoms with van der Waals surface area (Å²) < 4.78 is 11.6. The van der Waals surface area contributed by atoms with E-state index in [9.17, 15) is 4.79 Å². The lowest BCUT2D eigenvalue weighted by atomic mass is 10.4. The number of carbonyl (C=O) groups is 1. The Labute approximate surface area is 150 Å². The van der Waals surface area contributed by atoms with Crippen LogP contribution in [0.3, 0.4) is 0 Å². The van der Waals surface area contributed by atoms with E-state index in [0.717, 1.165) is 14.2 Å². The maximum absolute atomic E-state index is 11.8. The smallest absolute Gasteiger partial charge is 0.316 e. The molecule has 3 rings (SSSR count). The third-order valence-electron chi connectivity index (χ3n) is 2.84. The highest BCUT2D eigenvalue weighted by molar-refractivity contribution is 9.10. The maximum atomic E-state index is 11.8. The predicted molar refractivity (Wildman–Crippen MR) is 94.5 cm³/mol. The predicted octanol–water partition coefficient (Wildman–Crippen LogP) is 5.00. The molecule has 0 radical (unpaired) electrons. The van der Waals surface area contributed by atoms with Crippen LogP contribution in [-0.4, -0.2) is 16.7 Å². The molecule has 0 saturated heterocycles. The van der Waals surface area contributed by atoms with Gasteiger partial charge in [-0.3, -0.25) is 4.79 Å². The monoisotopic (exact) mass is 409 g/mol. The molecule has 0 amide bonds. The molecule has 2 heterocycles. The van der Waals surface area contributed by atoms with Crippen molar-refractivity contribution in [1.29, 1.82) is 0 Å². The van der Waals surface area contributed by atoms with Crippen LogP contribution in [0.2, 0.25) is 0 Å². The van der Waals surface area contributed by atoms with Gasteiger partial charge in [-0.1, -0.05) is 22.0 Å². The van der Waals surface area contributed by atoms with E-state index in [0.29, 0.717) is 11.6 Å². The van der Waals surface area contributed by atoms with Crippen LogP contribution < -0.4 is 0 Å². The van der Waals surface area contributed by atoms with Crippen LogP contribution in [0.15, 0.2) is 61.8 Å². The van der Waals surface area contributed by atoms with E-state index in [1.165, 1.54) is 18.0 Å². The molecule has 0 saturated carbocycles. The second kappa shape index (κ2) is 7.81. The van der Waals surface area contributed by atoms with Gasteiger partial charge in [-0.15, -0.1) is 23.1 Å². The number of hydrogen-bond acceptors (Lipinski definition) is 6. The highest BCUT2D eigenvalue weighted by atomic mass is 79.9. The number of nitrogens with zero attached hydrogens (tertiary/aromatic N) is 1. The van der Waals surface area contributed by atoms with Gasteiger partial charge in [-0.05, 0) is 35.7 Å². The maximum Gasteiger partial charge on any atom is 0.316 e. The van der Waals surface area contributed by atoms with Gasteiger partial charge in [0, 0.05) is 9.37 Å². The molecular weight excluding hydrogens is 398 g/mol. The third-order valence-corrected chi connectivity index (χ3v) is 5.21. The Morgan fingerprint density at radius 3 is 2.87 bits per heavy atom. The van der Waals surface area contributed by atoms with E-state index in [2.05, 4.69) is 20.9 Å². The second-order valence-corrected chi connectivity index (χ2v) is 7.44. The summed E-state index contributed by atoms with van der Waals surface area (Å²) in [6.07, 6.45) is 1.52. The number of hydrogen-bond donors (Lipinski definition) is 0. The first-order valence-corrected chi connectivity index (χ1v) is 9.39. The van der Waals surface area contributed by atoms with Gasteiger partial charge in [0.1, 0.15) is 18.6 Å². The van der Waals surface area contributed by atoms with E-state index in [-0.39, 0.29) is 18.3 Å².